The third kappa shape index (κ3) is 7.29. The summed E-state index contributed by atoms with van der Waals surface area (Å²) in [6, 6.07) is 0. The van der Waals surface area contributed by atoms with Crippen LogP contribution < -0.4 is 0 Å². The quantitative estimate of drug-likeness (QED) is 0.413. The van der Waals surface area contributed by atoms with Crippen molar-refractivity contribution in [3.05, 3.63) is 0 Å². The lowest BCUT2D eigenvalue weighted by molar-refractivity contribution is 0.149. The molecule has 0 spiro atoms. The molecule has 0 amide bonds. The second kappa shape index (κ2) is 10.0. The first-order valence-electron chi connectivity index (χ1n) is 8.99. The maximum absolute atomic E-state index is 10.5. The van der Waals surface area contributed by atoms with Crippen molar-refractivity contribution < 1.29 is 5.11 Å². The molecule has 0 saturated heterocycles. The van der Waals surface area contributed by atoms with Crippen molar-refractivity contribution in [2.75, 3.05) is 0 Å². The van der Waals surface area contributed by atoms with Crippen molar-refractivity contribution in [3.8, 4) is 0 Å². The van der Waals surface area contributed by atoms with E-state index in [-0.39, 0.29) is 5.21 Å². The lowest BCUT2D eigenvalue weighted by atomic mass is 9.31. The molecule has 0 aliphatic carbocycles. The molecule has 0 radical (unpaired) electrons. The second-order valence-electron chi connectivity index (χ2n) is 7.68. The van der Waals surface area contributed by atoms with Crippen LogP contribution >= 0.6 is 0 Å². The molecule has 5 heteroatoms. The van der Waals surface area contributed by atoms with Gasteiger partial charge < -0.3 is 5.11 Å². The minimum absolute atomic E-state index is 0.00539. The Morgan fingerprint density at radius 3 is 1.45 bits per heavy atom. The van der Waals surface area contributed by atoms with Crippen molar-refractivity contribution in [1.82, 2.24) is 0 Å². The maximum atomic E-state index is 10.5. The Kier molecular flexibility index (Phi) is 10.1. The van der Waals surface area contributed by atoms with E-state index in [1.54, 1.807) is 0 Å². The monoisotopic (exact) mass is 276 g/mol. The van der Waals surface area contributed by atoms with E-state index in [2.05, 4.69) is 29.5 Å². The third-order valence-corrected chi connectivity index (χ3v) is 5.41. The Morgan fingerprint density at radius 1 is 0.750 bits per heavy atom. The molecule has 0 unspecified atom stereocenters. The van der Waals surface area contributed by atoms with E-state index in [9.17, 15) is 5.11 Å². The van der Waals surface area contributed by atoms with Gasteiger partial charge in [-0.05, 0) is 11.3 Å². The normalized spacial score (nSPS) is 13.0. The molecule has 20 heavy (non-hydrogen) atoms. The van der Waals surface area contributed by atoms with Crippen LogP contribution in [0.3, 0.4) is 0 Å². The van der Waals surface area contributed by atoms with Crippen LogP contribution in [0.4, 0.5) is 0 Å². The van der Waals surface area contributed by atoms with Gasteiger partial charge in [-0.2, -0.15) is 0 Å². The van der Waals surface area contributed by atoms with Crippen LogP contribution in [-0.4, -0.2) is 41.9 Å². The van der Waals surface area contributed by atoms with Crippen molar-refractivity contribution >= 4 is 31.4 Å². The first kappa shape index (κ1) is 20.2. The topological polar surface area (TPSA) is 20.2 Å². The predicted molar refractivity (Wildman–Crippen MR) is 103 cm³/mol. The third-order valence-electron chi connectivity index (χ3n) is 5.41. The van der Waals surface area contributed by atoms with E-state index in [4.69, 9.17) is 0 Å². The summed E-state index contributed by atoms with van der Waals surface area (Å²) in [5, 5.41) is 9.94. The molecule has 0 bridgehead atoms. The number of aliphatic hydroxyl groups is 1. The molecule has 1 N–H and O–H groups in total. The summed E-state index contributed by atoms with van der Waals surface area (Å²) in [6.07, 6.45) is 13.2. The highest BCUT2D eigenvalue weighted by atomic mass is 16.3. The summed E-state index contributed by atoms with van der Waals surface area (Å²) in [7, 11) is 8.49. The van der Waals surface area contributed by atoms with Crippen molar-refractivity contribution in [2.24, 2.45) is 5.92 Å². The molecule has 0 aromatic rings. The van der Waals surface area contributed by atoms with Gasteiger partial charge in [0, 0.05) is 0 Å². The van der Waals surface area contributed by atoms with E-state index in [0.717, 1.165) is 0 Å². The minimum atomic E-state index is -0.590. The molecule has 0 aliphatic heterocycles. The smallest absolute Gasteiger partial charge is 0.130 e. The second-order valence-corrected chi connectivity index (χ2v) is 7.68. The Morgan fingerprint density at radius 2 is 1.15 bits per heavy atom. The lowest BCUT2D eigenvalue weighted by Gasteiger charge is -2.45. The van der Waals surface area contributed by atoms with E-state index in [0.29, 0.717) is 5.92 Å². The average Bonchev–Trinajstić information content (AvgIpc) is 2.35. The van der Waals surface area contributed by atoms with E-state index in [1.165, 1.54) is 64.2 Å². The van der Waals surface area contributed by atoms with Crippen molar-refractivity contribution in [3.63, 3.8) is 0 Å². The van der Waals surface area contributed by atoms with Crippen LogP contribution in [0, 0.1) is 5.92 Å². The molecule has 114 valence electrons. The maximum Gasteiger partial charge on any atom is 0.130 e. The molecular weight excluding hydrogens is 239 g/mol. The SMILES string of the molecule is BC(B)(O)C(B)(B)C(CCCCCC)CCCCCC. The number of rotatable bonds is 12. The molecule has 0 heterocycles. The van der Waals surface area contributed by atoms with Gasteiger partial charge in [-0.3, -0.25) is 0 Å². The van der Waals surface area contributed by atoms with Gasteiger partial charge in [0.2, 0.25) is 0 Å². The van der Waals surface area contributed by atoms with E-state index >= 15 is 0 Å². The highest BCUT2D eigenvalue weighted by Crippen LogP contribution is 2.42. The van der Waals surface area contributed by atoms with Gasteiger partial charge in [-0.25, -0.2) is 0 Å². The van der Waals surface area contributed by atoms with Crippen LogP contribution in [-0.2, 0) is 0 Å². The Bertz CT molecular complexity index is 227. The van der Waals surface area contributed by atoms with E-state index in [1.807, 2.05) is 15.7 Å². The standard InChI is InChI=1S/C15H36B4O/c1-3-5-7-9-11-13(12-10-8-6-4-2)14(16,17)15(18,19)20/h13,20H,3-12,16-19H2,1-2H3. The van der Waals surface area contributed by atoms with Crippen molar-refractivity contribution in [1.29, 1.82) is 0 Å². The zero-order valence-corrected chi connectivity index (χ0v) is 15.1. The summed E-state index contributed by atoms with van der Waals surface area (Å²) in [5.41, 5.74) is 0. The molecule has 1 nitrogen and oxygen atoms in total. The highest BCUT2D eigenvalue weighted by molar-refractivity contribution is 6.53. The van der Waals surface area contributed by atoms with Gasteiger partial charge in [0.15, 0.2) is 0 Å². The molecule has 0 aliphatic rings. The first-order valence-corrected chi connectivity index (χ1v) is 8.99. The lowest BCUT2D eigenvalue weighted by Crippen LogP contribution is -2.49. The summed E-state index contributed by atoms with van der Waals surface area (Å²) >= 11 is 0. The van der Waals surface area contributed by atoms with Gasteiger partial charge >= 0.3 is 0 Å². The summed E-state index contributed by atoms with van der Waals surface area (Å²) < 4.78 is 0. The zero-order valence-electron chi connectivity index (χ0n) is 15.1. The predicted octanol–water partition coefficient (Wildman–Crippen LogP) is 0.838. The fourth-order valence-corrected chi connectivity index (χ4v) is 3.00. The van der Waals surface area contributed by atoms with Crippen LogP contribution in [0.1, 0.15) is 78.1 Å². The van der Waals surface area contributed by atoms with Gasteiger partial charge in [-0.1, -0.05) is 83.3 Å². The van der Waals surface area contributed by atoms with Crippen molar-refractivity contribution in [2.45, 2.75) is 88.7 Å². The average molecular weight is 276 g/mol. The van der Waals surface area contributed by atoms with Crippen LogP contribution in [0.25, 0.3) is 0 Å². The number of hydrogen-bond acceptors (Lipinski definition) is 1. The molecule has 0 aromatic heterocycles. The fourth-order valence-electron chi connectivity index (χ4n) is 3.00. The van der Waals surface area contributed by atoms with E-state index < -0.39 is 5.40 Å². The van der Waals surface area contributed by atoms with Crippen LogP contribution in [0.2, 0.25) is 5.21 Å². The van der Waals surface area contributed by atoms with Gasteiger partial charge in [0.05, 0.1) is 0 Å². The summed E-state index contributed by atoms with van der Waals surface area (Å²) in [4.78, 5) is 0. The molecular formula is C15H36B4O. The molecule has 0 fully saturated rings. The zero-order chi connectivity index (χ0) is 15.6. The number of unbranched alkanes of at least 4 members (excludes halogenated alkanes) is 6. The van der Waals surface area contributed by atoms with Gasteiger partial charge in [0.25, 0.3) is 0 Å². The first-order chi connectivity index (χ1) is 9.27. The van der Waals surface area contributed by atoms with Gasteiger partial charge in [-0.15, -0.1) is 0 Å². The summed E-state index contributed by atoms with van der Waals surface area (Å²) in [5.74, 6) is 0.649. The Hall–Kier alpha value is 0.220. The molecule has 0 rings (SSSR count). The largest absolute Gasteiger partial charge is 0.409 e. The Balaban J connectivity index is 4.45. The fraction of sp³-hybridized carbons (Fsp3) is 1.00. The van der Waals surface area contributed by atoms with Crippen LogP contribution in [0.5, 0.6) is 0 Å². The Labute approximate surface area is 131 Å². The van der Waals surface area contributed by atoms with Crippen LogP contribution in [0.15, 0.2) is 0 Å². The van der Waals surface area contributed by atoms with Gasteiger partial charge in [0.1, 0.15) is 31.4 Å². The molecule has 0 atom stereocenters. The minimum Gasteiger partial charge on any atom is -0.409 e. The highest BCUT2D eigenvalue weighted by Gasteiger charge is 2.40. The molecule has 0 saturated carbocycles. The summed E-state index contributed by atoms with van der Waals surface area (Å²) in [6.45, 7) is 4.53. The molecule has 0 aromatic carbocycles. The number of hydrogen-bond donors (Lipinski definition) is 1.